The number of hydrogen-bond donors (Lipinski definition) is 1. The second kappa shape index (κ2) is 5.55. The Morgan fingerprint density at radius 3 is 2.21 bits per heavy atom. The number of rotatable bonds is 2. The van der Waals surface area contributed by atoms with Gasteiger partial charge >= 0.3 is 5.97 Å². The van der Waals surface area contributed by atoms with Crippen molar-refractivity contribution in [2.24, 2.45) is 0 Å². The highest BCUT2D eigenvalue weighted by Gasteiger charge is 2.14. The standard InChI is InChI=1S/C12H5Cl4NO2/c13-7-3-9(15)8(14)1-5(7)11-2-6(12(18)19)10(16)4-17-11/h1-4H,(H,18,19). The minimum Gasteiger partial charge on any atom is -0.478 e. The van der Waals surface area contributed by atoms with E-state index in [2.05, 4.69) is 4.98 Å². The fraction of sp³-hybridized carbons (Fsp3) is 0. The van der Waals surface area contributed by atoms with Gasteiger partial charge in [0.1, 0.15) is 0 Å². The Labute approximate surface area is 128 Å². The molecule has 1 heterocycles. The van der Waals surface area contributed by atoms with E-state index in [0.717, 1.165) is 0 Å². The summed E-state index contributed by atoms with van der Waals surface area (Å²) >= 11 is 23.5. The lowest BCUT2D eigenvalue weighted by atomic mass is 10.1. The van der Waals surface area contributed by atoms with Crippen molar-refractivity contribution < 1.29 is 9.90 Å². The Bertz CT molecular complexity index is 673. The molecule has 0 saturated heterocycles. The molecule has 19 heavy (non-hydrogen) atoms. The van der Waals surface area contributed by atoms with Crippen molar-refractivity contribution in [3.05, 3.63) is 50.0 Å². The number of hydrogen-bond acceptors (Lipinski definition) is 2. The fourth-order valence-electron chi connectivity index (χ4n) is 1.47. The number of halogens is 4. The summed E-state index contributed by atoms with van der Waals surface area (Å²) in [5.74, 6) is -1.15. The molecule has 1 aromatic carbocycles. The van der Waals surface area contributed by atoms with E-state index >= 15 is 0 Å². The number of aromatic nitrogens is 1. The average molecular weight is 337 g/mol. The molecule has 0 aliphatic rings. The minimum absolute atomic E-state index is 0.0485. The molecule has 1 N–H and O–H groups in total. The highest BCUT2D eigenvalue weighted by molar-refractivity contribution is 6.44. The number of aromatic carboxylic acids is 1. The number of pyridine rings is 1. The van der Waals surface area contributed by atoms with Gasteiger partial charge in [-0.05, 0) is 18.2 Å². The Balaban J connectivity index is 2.63. The number of nitrogens with zero attached hydrogens (tertiary/aromatic N) is 1. The van der Waals surface area contributed by atoms with E-state index in [9.17, 15) is 4.79 Å². The van der Waals surface area contributed by atoms with Crippen LogP contribution in [0.15, 0.2) is 24.4 Å². The maximum absolute atomic E-state index is 11.0. The number of carboxylic acid groups (broad SMARTS) is 1. The van der Waals surface area contributed by atoms with Crippen molar-refractivity contribution >= 4 is 52.4 Å². The van der Waals surface area contributed by atoms with E-state index < -0.39 is 5.97 Å². The normalized spacial score (nSPS) is 10.5. The van der Waals surface area contributed by atoms with Crippen molar-refractivity contribution in [1.82, 2.24) is 4.98 Å². The molecule has 0 aliphatic carbocycles. The third-order valence-corrected chi connectivity index (χ3v) is 3.71. The molecule has 0 fully saturated rings. The molecule has 1 aromatic heterocycles. The van der Waals surface area contributed by atoms with Crippen LogP contribution in [0, 0.1) is 0 Å². The summed E-state index contributed by atoms with van der Waals surface area (Å²) in [6.07, 6.45) is 1.25. The maximum atomic E-state index is 11.0. The number of benzene rings is 1. The predicted octanol–water partition coefficient (Wildman–Crippen LogP) is 5.06. The van der Waals surface area contributed by atoms with E-state index in [1.54, 1.807) is 0 Å². The largest absolute Gasteiger partial charge is 0.478 e. The third kappa shape index (κ3) is 2.95. The molecule has 2 aromatic rings. The van der Waals surface area contributed by atoms with Gasteiger partial charge in [0.05, 0.1) is 31.3 Å². The van der Waals surface area contributed by atoms with Gasteiger partial charge in [-0.3, -0.25) is 4.98 Å². The van der Waals surface area contributed by atoms with Gasteiger partial charge in [0.25, 0.3) is 0 Å². The minimum atomic E-state index is -1.15. The summed E-state index contributed by atoms with van der Waals surface area (Å²) in [5, 5.41) is 9.99. The molecule has 98 valence electrons. The summed E-state index contributed by atoms with van der Waals surface area (Å²) in [5.41, 5.74) is 0.773. The highest BCUT2D eigenvalue weighted by atomic mass is 35.5. The lowest BCUT2D eigenvalue weighted by Crippen LogP contribution is -1.99. The first-order valence-electron chi connectivity index (χ1n) is 4.94. The molecule has 0 atom stereocenters. The van der Waals surface area contributed by atoms with Crippen LogP contribution in [0.5, 0.6) is 0 Å². The number of carbonyl (C=O) groups is 1. The molecule has 0 radical (unpaired) electrons. The molecule has 0 unspecified atom stereocenters. The second-order valence-electron chi connectivity index (χ2n) is 3.60. The smallest absolute Gasteiger partial charge is 0.337 e. The maximum Gasteiger partial charge on any atom is 0.337 e. The summed E-state index contributed by atoms with van der Waals surface area (Å²) in [6, 6.07) is 4.32. The first-order valence-corrected chi connectivity index (χ1v) is 6.45. The van der Waals surface area contributed by atoms with Gasteiger partial charge in [-0.15, -0.1) is 0 Å². The van der Waals surface area contributed by atoms with Crippen molar-refractivity contribution in [2.45, 2.75) is 0 Å². The molecule has 0 spiro atoms. The van der Waals surface area contributed by atoms with Crippen LogP contribution in [0.2, 0.25) is 20.1 Å². The summed E-state index contributed by atoms with van der Waals surface area (Å²) in [4.78, 5) is 15.1. The Hall–Kier alpha value is -1.000. The van der Waals surface area contributed by atoms with Gasteiger partial charge in [0, 0.05) is 11.8 Å². The van der Waals surface area contributed by atoms with Gasteiger partial charge < -0.3 is 5.11 Å². The molecule has 2 rings (SSSR count). The van der Waals surface area contributed by atoms with Crippen molar-refractivity contribution in [1.29, 1.82) is 0 Å². The van der Waals surface area contributed by atoms with E-state index in [1.165, 1.54) is 24.4 Å². The lowest BCUT2D eigenvalue weighted by molar-refractivity contribution is 0.0697. The van der Waals surface area contributed by atoms with Gasteiger partial charge in [0.2, 0.25) is 0 Å². The van der Waals surface area contributed by atoms with E-state index in [4.69, 9.17) is 51.5 Å². The Morgan fingerprint density at radius 2 is 1.58 bits per heavy atom. The zero-order valence-corrected chi connectivity index (χ0v) is 12.1. The van der Waals surface area contributed by atoms with E-state index in [-0.39, 0.29) is 10.6 Å². The van der Waals surface area contributed by atoms with Gasteiger partial charge in [-0.1, -0.05) is 46.4 Å². The quantitative estimate of drug-likeness (QED) is 0.780. The number of carboxylic acids is 1. The molecular weight excluding hydrogens is 332 g/mol. The van der Waals surface area contributed by atoms with Crippen LogP contribution in [-0.2, 0) is 0 Å². The average Bonchev–Trinajstić information content (AvgIpc) is 2.34. The zero-order chi connectivity index (χ0) is 14.2. The van der Waals surface area contributed by atoms with Crippen LogP contribution in [0.1, 0.15) is 10.4 Å². The van der Waals surface area contributed by atoms with Crippen molar-refractivity contribution in [2.75, 3.05) is 0 Å². The molecule has 0 amide bonds. The first-order chi connectivity index (χ1) is 8.90. The van der Waals surface area contributed by atoms with Gasteiger partial charge in [-0.25, -0.2) is 4.79 Å². The van der Waals surface area contributed by atoms with Crippen LogP contribution >= 0.6 is 46.4 Å². The predicted molar refractivity (Wildman–Crippen MR) is 76.7 cm³/mol. The van der Waals surface area contributed by atoms with Crippen molar-refractivity contribution in [3.8, 4) is 11.3 Å². The fourth-order valence-corrected chi connectivity index (χ4v) is 2.30. The van der Waals surface area contributed by atoms with Gasteiger partial charge in [0.15, 0.2) is 0 Å². The van der Waals surface area contributed by atoms with E-state index in [1.807, 2.05) is 0 Å². The monoisotopic (exact) mass is 335 g/mol. The SMILES string of the molecule is O=C(O)c1cc(-c2cc(Cl)c(Cl)cc2Cl)ncc1Cl. The molecule has 0 bridgehead atoms. The molecular formula is C12H5Cl4NO2. The van der Waals surface area contributed by atoms with Crippen LogP contribution in [0.3, 0.4) is 0 Å². The van der Waals surface area contributed by atoms with Gasteiger partial charge in [-0.2, -0.15) is 0 Å². The van der Waals surface area contributed by atoms with Crippen LogP contribution in [0.4, 0.5) is 0 Å². The molecule has 0 saturated carbocycles. The second-order valence-corrected chi connectivity index (χ2v) is 5.23. The summed E-state index contributed by atoms with van der Waals surface area (Å²) < 4.78 is 0. The van der Waals surface area contributed by atoms with Crippen LogP contribution < -0.4 is 0 Å². The first kappa shape index (κ1) is 14.4. The third-order valence-electron chi connectivity index (χ3n) is 2.37. The molecule has 3 nitrogen and oxygen atoms in total. The zero-order valence-electron chi connectivity index (χ0n) is 9.12. The van der Waals surface area contributed by atoms with Crippen molar-refractivity contribution in [3.63, 3.8) is 0 Å². The Kier molecular flexibility index (Phi) is 4.21. The van der Waals surface area contributed by atoms with E-state index in [0.29, 0.717) is 26.3 Å². The molecule has 7 heteroatoms. The summed E-state index contributed by atoms with van der Waals surface area (Å²) in [7, 11) is 0. The molecule has 0 aliphatic heterocycles. The summed E-state index contributed by atoms with van der Waals surface area (Å²) in [6.45, 7) is 0. The topological polar surface area (TPSA) is 50.2 Å². The lowest BCUT2D eigenvalue weighted by Gasteiger charge is -2.07. The Morgan fingerprint density at radius 1 is 0.947 bits per heavy atom. The van der Waals surface area contributed by atoms with Crippen LogP contribution in [-0.4, -0.2) is 16.1 Å². The van der Waals surface area contributed by atoms with Crippen LogP contribution in [0.25, 0.3) is 11.3 Å². The highest BCUT2D eigenvalue weighted by Crippen LogP contribution is 2.35.